The molecule has 0 spiro atoms. The van der Waals surface area contributed by atoms with Crippen LogP contribution in [0, 0.1) is 5.82 Å². The highest BCUT2D eigenvalue weighted by Crippen LogP contribution is 2.31. The van der Waals surface area contributed by atoms with Crippen LogP contribution < -0.4 is 16.1 Å². The standard InChI is InChI=1S/C18H17FN4O2S/c1-2-18(12-6-4-3-5-7-12)15(24)23(17(25)21-18)22-16(26)20-14-10-8-13(19)9-11-14/h3-11H,2H2,1H3,(H,21,25)(H2,20,22,26)/t18-/m1/s1. The van der Waals surface area contributed by atoms with Crippen LogP contribution in [0.1, 0.15) is 18.9 Å². The molecular weight excluding hydrogens is 355 g/mol. The van der Waals surface area contributed by atoms with E-state index in [0.717, 1.165) is 5.01 Å². The summed E-state index contributed by atoms with van der Waals surface area (Å²) in [6, 6.07) is 14.0. The first-order chi connectivity index (χ1) is 12.5. The van der Waals surface area contributed by atoms with Crippen molar-refractivity contribution in [3.63, 3.8) is 0 Å². The van der Waals surface area contributed by atoms with Gasteiger partial charge in [-0.2, -0.15) is 5.01 Å². The maximum absolute atomic E-state index is 13.0. The molecule has 3 rings (SSSR count). The van der Waals surface area contributed by atoms with Crippen LogP contribution in [0.25, 0.3) is 0 Å². The average Bonchev–Trinajstić information content (AvgIpc) is 2.89. The first-order valence-electron chi connectivity index (χ1n) is 8.01. The van der Waals surface area contributed by atoms with Crippen molar-refractivity contribution in [3.05, 3.63) is 66.0 Å². The lowest BCUT2D eigenvalue weighted by Crippen LogP contribution is -2.49. The molecule has 0 aliphatic carbocycles. The Labute approximate surface area is 155 Å². The normalized spacial score (nSPS) is 19.2. The molecule has 0 radical (unpaired) electrons. The lowest BCUT2D eigenvalue weighted by atomic mass is 9.87. The van der Waals surface area contributed by atoms with Crippen molar-refractivity contribution >= 4 is 35.0 Å². The molecule has 2 aromatic rings. The molecule has 2 aromatic carbocycles. The van der Waals surface area contributed by atoms with Gasteiger partial charge in [0.05, 0.1) is 0 Å². The topological polar surface area (TPSA) is 73.5 Å². The largest absolute Gasteiger partial charge is 0.344 e. The second kappa shape index (κ2) is 7.09. The molecule has 1 atom stereocenters. The molecule has 0 bridgehead atoms. The van der Waals surface area contributed by atoms with E-state index in [2.05, 4.69) is 16.1 Å². The van der Waals surface area contributed by atoms with Crippen molar-refractivity contribution in [2.24, 2.45) is 0 Å². The summed E-state index contributed by atoms with van der Waals surface area (Å²) in [5.74, 6) is -0.821. The summed E-state index contributed by atoms with van der Waals surface area (Å²) < 4.78 is 13.0. The lowest BCUT2D eigenvalue weighted by molar-refractivity contribution is -0.133. The van der Waals surface area contributed by atoms with Crippen LogP contribution in [0.15, 0.2) is 54.6 Å². The summed E-state index contributed by atoms with van der Waals surface area (Å²) >= 11 is 5.15. The Hall–Kier alpha value is -3.00. The predicted octanol–water partition coefficient (Wildman–Crippen LogP) is 2.88. The maximum Gasteiger partial charge on any atom is 0.344 e. The summed E-state index contributed by atoms with van der Waals surface area (Å²) in [6.07, 6.45) is 0.387. The Kier molecular flexibility index (Phi) is 4.85. The smallest absolute Gasteiger partial charge is 0.331 e. The van der Waals surface area contributed by atoms with Crippen LogP contribution in [0.3, 0.4) is 0 Å². The molecule has 0 unspecified atom stereocenters. The van der Waals surface area contributed by atoms with E-state index in [9.17, 15) is 14.0 Å². The van der Waals surface area contributed by atoms with Gasteiger partial charge in [0.15, 0.2) is 5.11 Å². The number of nitrogens with one attached hydrogen (secondary N) is 3. The van der Waals surface area contributed by atoms with Gasteiger partial charge in [-0.25, -0.2) is 9.18 Å². The lowest BCUT2D eigenvalue weighted by Gasteiger charge is -2.25. The highest BCUT2D eigenvalue weighted by atomic mass is 32.1. The first-order valence-corrected chi connectivity index (χ1v) is 8.42. The number of amides is 3. The van der Waals surface area contributed by atoms with Crippen LogP contribution in [0.5, 0.6) is 0 Å². The number of imide groups is 1. The number of rotatable bonds is 4. The van der Waals surface area contributed by atoms with Crippen molar-refractivity contribution in [2.45, 2.75) is 18.9 Å². The summed E-state index contributed by atoms with van der Waals surface area (Å²) in [5, 5.41) is 6.45. The number of anilines is 1. The molecule has 26 heavy (non-hydrogen) atoms. The third kappa shape index (κ3) is 3.23. The third-order valence-electron chi connectivity index (χ3n) is 4.20. The summed E-state index contributed by atoms with van der Waals surface area (Å²) in [4.78, 5) is 25.3. The van der Waals surface area contributed by atoms with Gasteiger partial charge in [-0.3, -0.25) is 10.2 Å². The average molecular weight is 372 g/mol. The van der Waals surface area contributed by atoms with Gasteiger partial charge in [-0.1, -0.05) is 37.3 Å². The van der Waals surface area contributed by atoms with Crippen molar-refractivity contribution in [2.75, 3.05) is 5.32 Å². The zero-order valence-corrected chi connectivity index (χ0v) is 14.8. The van der Waals surface area contributed by atoms with Crippen molar-refractivity contribution in [1.82, 2.24) is 15.8 Å². The monoisotopic (exact) mass is 372 g/mol. The van der Waals surface area contributed by atoms with E-state index in [4.69, 9.17) is 12.2 Å². The number of carbonyl (C=O) groups excluding carboxylic acids is 2. The van der Waals surface area contributed by atoms with Gasteiger partial charge in [-0.05, 0) is 48.5 Å². The fraction of sp³-hybridized carbons (Fsp3) is 0.167. The molecule has 1 aliphatic heterocycles. The number of carbonyl (C=O) groups is 2. The van der Waals surface area contributed by atoms with E-state index < -0.39 is 17.5 Å². The van der Waals surface area contributed by atoms with Crippen molar-refractivity contribution in [3.8, 4) is 0 Å². The molecule has 134 valence electrons. The summed E-state index contributed by atoms with van der Waals surface area (Å²) in [7, 11) is 0. The van der Waals surface area contributed by atoms with Gasteiger partial charge < -0.3 is 10.6 Å². The molecule has 3 N–H and O–H groups in total. The van der Waals surface area contributed by atoms with Crippen molar-refractivity contribution < 1.29 is 14.0 Å². The van der Waals surface area contributed by atoms with Gasteiger partial charge in [-0.15, -0.1) is 0 Å². The second-order valence-corrected chi connectivity index (χ2v) is 6.18. The Morgan fingerprint density at radius 2 is 1.81 bits per heavy atom. The second-order valence-electron chi connectivity index (χ2n) is 5.77. The van der Waals surface area contributed by atoms with E-state index in [1.807, 2.05) is 25.1 Å². The Balaban J connectivity index is 1.76. The molecule has 1 heterocycles. The van der Waals surface area contributed by atoms with Crippen LogP contribution in [-0.4, -0.2) is 22.1 Å². The third-order valence-corrected chi connectivity index (χ3v) is 4.40. The molecular formula is C18H17FN4O2S. The summed E-state index contributed by atoms with van der Waals surface area (Å²) in [5.41, 5.74) is 2.68. The van der Waals surface area contributed by atoms with E-state index in [1.165, 1.54) is 24.3 Å². The number of hydrazine groups is 1. The molecule has 1 fully saturated rings. The number of nitrogens with zero attached hydrogens (tertiary/aromatic N) is 1. The zero-order valence-electron chi connectivity index (χ0n) is 14.0. The van der Waals surface area contributed by atoms with Crippen LogP contribution in [-0.2, 0) is 10.3 Å². The molecule has 1 aliphatic rings. The number of benzene rings is 2. The van der Waals surface area contributed by atoms with Gasteiger partial charge in [0.2, 0.25) is 0 Å². The maximum atomic E-state index is 13.0. The Morgan fingerprint density at radius 3 is 2.42 bits per heavy atom. The van der Waals surface area contributed by atoms with E-state index >= 15 is 0 Å². The first kappa shape index (κ1) is 17.8. The number of hydrogen-bond donors (Lipinski definition) is 3. The van der Waals surface area contributed by atoms with E-state index in [1.54, 1.807) is 12.1 Å². The Morgan fingerprint density at radius 1 is 1.15 bits per heavy atom. The zero-order chi connectivity index (χ0) is 18.7. The predicted molar refractivity (Wildman–Crippen MR) is 99.5 cm³/mol. The highest BCUT2D eigenvalue weighted by molar-refractivity contribution is 7.80. The molecule has 0 saturated carbocycles. The number of halogens is 1. The molecule has 8 heteroatoms. The Bertz CT molecular complexity index is 844. The van der Waals surface area contributed by atoms with E-state index in [0.29, 0.717) is 17.7 Å². The molecule has 0 aromatic heterocycles. The number of thiocarbonyl (C=S) groups is 1. The van der Waals surface area contributed by atoms with Crippen LogP contribution in [0.4, 0.5) is 14.9 Å². The fourth-order valence-electron chi connectivity index (χ4n) is 2.83. The number of hydrogen-bond acceptors (Lipinski definition) is 3. The van der Waals surface area contributed by atoms with Crippen molar-refractivity contribution in [1.29, 1.82) is 0 Å². The van der Waals surface area contributed by atoms with Gasteiger partial charge >= 0.3 is 6.03 Å². The van der Waals surface area contributed by atoms with Gasteiger partial charge in [0.25, 0.3) is 5.91 Å². The number of urea groups is 1. The fourth-order valence-corrected chi connectivity index (χ4v) is 3.04. The minimum atomic E-state index is -1.14. The highest BCUT2D eigenvalue weighted by Gasteiger charge is 2.51. The van der Waals surface area contributed by atoms with Crippen LogP contribution in [0.2, 0.25) is 0 Å². The van der Waals surface area contributed by atoms with E-state index in [-0.39, 0.29) is 10.9 Å². The van der Waals surface area contributed by atoms with Crippen LogP contribution >= 0.6 is 12.2 Å². The minimum absolute atomic E-state index is 0.0417. The molecule has 3 amide bonds. The summed E-state index contributed by atoms with van der Waals surface area (Å²) in [6.45, 7) is 1.82. The van der Waals surface area contributed by atoms with Gasteiger partial charge in [0.1, 0.15) is 11.4 Å². The SMILES string of the molecule is CC[C@]1(c2ccccc2)NC(=O)N(NC(=S)Nc2ccc(F)cc2)C1=O. The quantitative estimate of drug-likeness (QED) is 0.569. The molecule has 1 saturated heterocycles. The van der Waals surface area contributed by atoms with Gasteiger partial charge in [0, 0.05) is 5.69 Å². The minimum Gasteiger partial charge on any atom is -0.331 e. The molecule has 6 nitrogen and oxygen atoms in total.